The van der Waals surface area contributed by atoms with Crippen molar-refractivity contribution >= 4 is 54.8 Å². The molecule has 1 amide bonds. The fourth-order valence-electron chi connectivity index (χ4n) is 4.59. The zero-order chi connectivity index (χ0) is 20.6. The fourth-order valence-corrected chi connectivity index (χ4v) is 6.44. The van der Waals surface area contributed by atoms with Gasteiger partial charge in [0.25, 0.3) is 10.0 Å². The first kappa shape index (κ1) is 20.7. The maximum absolute atomic E-state index is 12.8. The molecule has 8 heteroatoms. The second-order valence-electron chi connectivity index (χ2n) is 7.94. The van der Waals surface area contributed by atoms with Gasteiger partial charge in [-0.2, -0.15) is 0 Å². The number of hydrogen-bond acceptors (Lipinski definition) is 3. The van der Waals surface area contributed by atoms with Gasteiger partial charge in [-0.3, -0.25) is 9.52 Å². The molecule has 154 valence electrons. The summed E-state index contributed by atoms with van der Waals surface area (Å²) >= 11 is 9.47. The molecular formula is C21H22BrClN2O3S. The third-order valence-corrected chi connectivity index (χ3v) is 8.32. The summed E-state index contributed by atoms with van der Waals surface area (Å²) < 4.78 is 28.9. The van der Waals surface area contributed by atoms with Crippen molar-refractivity contribution in [2.24, 2.45) is 17.8 Å². The maximum Gasteiger partial charge on any atom is 0.263 e. The van der Waals surface area contributed by atoms with E-state index in [4.69, 9.17) is 11.6 Å². The molecule has 0 aliphatic heterocycles. The molecular weight excluding hydrogens is 476 g/mol. The Morgan fingerprint density at radius 3 is 2.45 bits per heavy atom. The summed E-state index contributed by atoms with van der Waals surface area (Å²) in [6, 6.07) is 11.3. The molecule has 0 saturated heterocycles. The zero-order valence-corrected chi connectivity index (χ0v) is 18.9. The molecule has 0 heterocycles. The molecule has 5 nitrogen and oxygen atoms in total. The standard InChI is InChI=1S/C21H22BrClN2O3S/c22-16-3-5-17(6-4-16)25-29(27,28)20-12-18(7-8-19(20)23)24-21(26)11-15-10-13-1-2-14(15)9-13/h3-8,12-15,25H,1-2,9-11H2,(H,24,26). The molecule has 0 aromatic heterocycles. The van der Waals surface area contributed by atoms with Crippen molar-refractivity contribution in [3.8, 4) is 0 Å². The lowest BCUT2D eigenvalue weighted by molar-refractivity contribution is -0.117. The smallest absolute Gasteiger partial charge is 0.263 e. The molecule has 3 atom stereocenters. The topological polar surface area (TPSA) is 75.3 Å². The number of benzene rings is 2. The van der Waals surface area contributed by atoms with E-state index in [9.17, 15) is 13.2 Å². The molecule has 2 aliphatic rings. The van der Waals surface area contributed by atoms with Crippen molar-refractivity contribution in [3.63, 3.8) is 0 Å². The van der Waals surface area contributed by atoms with Gasteiger partial charge in [-0.25, -0.2) is 8.42 Å². The van der Waals surface area contributed by atoms with Crippen LogP contribution in [0.15, 0.2) is 51.8 Å². The van der Waals surface area contributed by atoms with Crippen molar-refractivity contribution < 1.29 is 13.2 Å². The van der Waals surface area contributed by atoms with Gasteiger partial charge in [-0.1, -0.05) is 34.0 Å². The Kier molecular flexibility index (Phi) is 5.91. The molecule has 4 rings (SSSR count). The number of hydrogen-bond donors (Lipinski definition) is 2. The molecule has 2 bridgehead atoms. The van der Waals surface area contributed by atoms with Gasteiger partial charge in [-0.05, 0) is 79.5 Å². The number of rotatable bonds is 6. The van der Waals surface area contributed by atoms with Crippen LogP contribution in [-0.2, 0) is 14.8 Å². The molecule has 2 aromatic carbocycles. The number of anilines is 2. The Labute approximate surface area is 184 Å². The van der Waals surface area contributed by atoms with E-state index in [2.05, 4.69) is 26.0 Å². The number of carbonyl (C=O) groups is 1. The number of halogens is 2. The lowest BCUT2D eigenvalue weighted by Crippen LogP contribution is -2.20. The highest BCUT2D eigenvalue weighted by atomic mass is 79.9. The first-order valence-electron chi connectivity index (χ1n) is 9.68. The molecule has 2 fully saturated rings. The first-order chi connectivity index (χ1) is 13.8. The fraction of sp³-hybridized carbons (Fsp3) is 0.381. The van der Waals surface area contributed by atoms with Gasteiger partial charge in [0, 0.05) is 22.3 Å². The molecule has 3 unspecified atom stereocenters. The largest absolute Gasteiger partial charge is 0.326 e. The van der Waals surface area contributed by atoms with Gasteiger partial charge in [0.05, 0.1) is 5.02 Å². The molecule has 2 saturated carbocycles. The summed E-state index contributed by atoms with van der Waals surface area (Å²) in [7, 11) is -3.89. The van der Waals surface area contributed by atoms with E-state index < -0.39 is 10.0 Å². The number of sulfonamides is 1. The number of amides is 1. The quantitative estimate of drug-likeness (QED) is 0.540. The predicted octanol–water partition coefficient (Wildman–Crippen LogP) is 5.67. The van der Waals surface area contributed by atoms with Crippen LogP contribution in [0.1, 0.15) is 32.1 Å². The van der Waals surface area contributed by atoms with Crippen LogP contribution in [0.5, 0.6) is 0 Å². The van der Waals surface area contributed by atoms with Gasteiger partial charge < -0.3 is 5.32 Å². The summed E-state index contributed by atoms with van der Waals surface area (Å²) in [4.78, 5) is 12.4. The maximum atomic E-state index is 12.8. The summed E-state index contributed by atoms with van der Waals surface area (Å²) in [5.74, 6) is 1.83. The summed E-state index contributed by atoms with van der Waals surface area (Å²) in [5.41, 5.74) is 0.855. The third kappa shape index (κ3) is 4.78. The predicted molar refractivity (Wildman–Crippen MR) is 119 cm³/mol. The van der Waals surface area contributed by atoms with Crippen LogP contribution < -0.4 is 10.0 Å². The summed E-state index contributed by atoms with van der Waals surface area (Å²) in [5, 5.41) is 2.94. The van der Waals surface area contributed by atoms with E-state index in [1.807, 2.05) is 0 Å². The van der Waals surface area contributed by atoms with E-state index in [1.165, 1.54) is 31.4 Å². The summed E-state index contributed by atoms with van der Waals surface area (Å²) in [6.45, 7) is 0. The van der Waals surface area contributed by atoms with Gasteiger partial charge in [0.15, 0.2) is 0 Å². The van der Waals surface area contributed by atoms with Gasteiger partial charge in [0.1, 0.15) is 4.90 Å². The zero-order valence-electron chi connectivity index (χ0n) is 15.7. The van der Waals surface area contributed by atoms with E-state index in [0.29, 0.717) is 29.6 Å². The Morgan fingerprint density at radius 2 is 1.79 bits per heavy atom. The molecule has 2 aliphatic carbocycles. The Hall–Kier alpha value is -1.57. The second-order valence-corrected chi connectivity index (χ2v) is 10.9. The van der Waals surface area contributed by atoms with Crippen LogP contribution in [0.2, 0.25) is 5.02 Å². The van der Waals surface area contributed by atoms with Crippen molar-refractivity contribution in [1.82, 2.24) is 0 Å². The lowest BCUT2D eigenvalue weighted by atomic mass is 9.86. The average molecular weight is 498 g/mol. The van der Waals surface area contributed by atoms with Crippen molar-refractivity contribution in [2.45, 2.75) is 37.0 Å². The van der Waals surface area contributed by atoms with Gasteiger partial charge in [0.2, 0.25) is 5.91 Å². The van der Waals surface area contributed by atoms with E-state index in [-0.39, 0.29) is 15.8 Å². The normalized spacial score (nSPS) is 23.2. The average Bonchev–Trinajstić information content (AvgIpc) is 3.28. The molecule has 2 N–H and O–H groups in total. The van der Waals surface area contributed by atoms with Crippen molar-refractivity contribution in [1.29, 1.82) is 0 Å². The Bertz CT molecular complexity index is 1030. The van der Waals surface area contributed by atoms with Crippen LogP contribution >= 0.6 is 27.5 Å². The highest BCUT2D eigenvalue weighted by molar-refractivity contribution is 9.10. The summed E-state index contributed by atoms with van der Waals surface area (Å²) in [6.07, 6.45) is 5.40. The SMILES string of the molecule is O=C(CC1CC2CCC1C2)Nc1ccc(Cl)c(S(=O)(=O)Nc2ccc(Br)cc2)c1. The molecule has 29 heavy (non-hydrogen) atoms. The van der Waals surface area contributed by atoms with E-state index in [1.54, 1.807) is 30.3 Å². The van der Waals surface area contributed by atoms with Gasteiger partial charge in [-0.15, -0.1) is 0 Å². The third-order valence-electron chi connectivity index (χ3n) is 5.93. The van der Waals surface area contributed by atoms with Gasteiger partial charge >= 0.3 is 0 Å². The molecule has 0 spiro atoms. The Balaban J connectivity index is 1.46. The van der Waals surface area contributed by atoms with E-state index >= 15 is 0 Å². The van der Waals surface area contributed by atoms with Crippen LogP contribution in [0.3, 0.4) is 0 Å². The number of fused-ring (bicyclic) bond motifs is 2. The molecule has 0 radical (unpaired) electrons. The van der Waals surface area contributed by atoms with Crippen LogP contribution in [0.25, 0.3) is 0 Å². The highest BCUT2D eigenvalue weighted by Crippen LogP contribution is 2.49. The van der Waals surface area contributed by atoms with Crippen LogP contribution in [0.4, 0.5) is 11.4 Å². The van der Waals surface area contributed by atoms with Crippen molar-refractivity contribution in [3.05, 3.63) is 52.0 Å². The molecule has 2 aromatic rings. The lowest BCUT2D eigenvalue weighted by Gasteiger charge is -2.21. The van der Waals surface area contributed by atoms with Crippen LogP contribution in [-0.4, -0.2) is 14.3 Å². The second kappa shape index (κ2) is 8.28. The van der Waals surface area contributed by atoms with E-state index in [0.717, 1.165) is 16.8 Å². The minimum absolute atomic E-state index is 0.0696. The minimum Gasteiger partial charge on any atom is -0.326 e. The monoisotopic (exact) mass is 496 g/mol. The first-order valence-corrected chi connectivity index (χ1v) is 12.3. The van der Waals surface area contributed by atoms with Crippen molar-refractivity contribution in [2.75, 3.05) is 10.0 Å². The minimum atomic E-state index is -3.89. The highest BCUT2D eigenvalue weighted by Gasteiger charge is 2.40. The van der Waals surface area contributed by atoms with Crippen LogP contribution in [0, 0.1) is 17.8 Å². The number of carbonyl (C=O) groups excluding carboxylic acids is 1. The Morgan fingerprint density at radius 1 is 1.07 bits per heavy atom. The number of nitrogens with one attached hydrogen (secondary N) is 2.